The molecule has 6 heteroatoms. The highest BCUT2D eigenvalue weighted by Gasteiger charge is 2.60. The number of methoxy groups -OCH3 is 1. The van der Waals surface area contributed by atoms with Crippen LogP contribution in [-0.2, 0) is 16.1 Å². The van der Waals surface area contributed by atoms with Crippen LogP contribution in [0.15, 0.2) is 4.99 Å². The minimum absolute atomic E-state index is 0.0686. The Bertz CT molecular complexity index is 752. The van der Waals surface area contributed by atoms with E-state index in [2.05, 4.69) is 23.4 Å². The van der Waals surface area contributed by atoms with Crippen molar-refractivity contribution in [2.45, 2.75) is 63.8 Å². The molecule has 0 saturated heterocycles. The van der Waals surface area contributed by atoms with Gasteiger partial charge in [-0.3, -0.25) is 4.79 Å². The molecule has 25 heavy (non-hydrogen) atoms. The predicted octanol–water partition coefficient (Wildman–Crippen LogP) is 3.82. The van der Waals surface area contributed by atoms with E-state index in [-0.39, 0.29) is 16.2 Å². The summed E-state index contributed by atoms with van der Waals surface area (Å²) >= 11 is 8.49. The van der Waals surface area contributed by atoms with Gasteiger partial charge in [0.1, 0.15) is 0 Å². The summed E-state index contributed by atoms with van der Waals surface area (Å²) in [5.74, 6) is 1.30. The summed E-state index contributed by atoms with van der Waals surface area (Å²) in [5.41, 5.74) is 0.865. The highest BCUT2D eigenvalue weighted by Crippen LogP contribution is 2.64. The summed E-state index contributed by atoms with van der Waals surface area (Å²) in [5, 5.41) is 0. The molecule has 1 aromatic heterocycles. The number of halogens is 1. The molecular formula is C19H27ClN2O2S. The molecule has 0 radical (unpaired) electrons. The van der Waals surface area contributed by atoms with E-state index in [1.807, 2.05) is 0 Å². The Hall–Kier alpha value is -0.650. The lowest BCUT2D eigenvalue weighted by Crippen LogP contribution is -2.55. The van der Waals surface area contributed by atoms with Crippen LogP contribution in [0.4, 0.5) is 0 Å². The summed E-state index contributed by atoms with van der Waals surface area (Å²) in [4.78, 5) is 19.8. The van der Waals surface area contributed by atoms with Crippen molar-refractivity contribution in [1.29, 1.82) is 0 Å². The van der Waals surface area contributed by atoms with E-state index in [4.69, 9.17) is 16.3 Å². The van der Waals surface area contributed by atoms with Gasteiger partial charge in [0, 0.05) is 29.1 Å². The number of aryl methyl sites for hydroxylation is 1. The molecule has 0 N–H and O–H groups in total. The van der Waals surface area contributed by atoms with Crippen molar-refractivity contribution in [2.75, 3.05) is 13.7 Å². The van der Waals surface area contributed by atoms with Crippen molar-refractivity contribution in [3.05, 3.63) is 15.4 Å². The van der Waals surface area contributed by atoms with Crippen LogP contribution < -0.4 is 4.80 Å². The predicted molar refractivity (Wildman–Crippen MR) is 99.9 cm³/mol. The van der Waals surface area contributed by atoms with Crippen LogP contribution in [-0.4, -0.2) is 29.1 Å². The van der Waals surface area contributed by atoms with Crippen molar-refractivity contribution < 1.29 is 9.53 Å². The number of alkyl halides is 1. The molecule has 2 atom stereocenters. The van der Waals surface area contributed by atoms with Crippen LogP contribution in [0.3, 0.4) is 0 Å². The second-order valence-corrected chi connectivity index (χ2v) is 10.5. The molecule has 4 saturated carbocycles. The standard InChI is InChI=1S/C19H27ClN2O2S/c1-12-13(2)25-17(22(12)4-5-24-3)21-16(23)18-7-14-6-15(8-18)10-19(20,9-14)11-18/h14-15H,4-11H2,1-3H3. The number of hydrogen-bond donors (Lipinski definition) is 0. The van der Waals surface area contributed by atoms with Gasteiger partial charge in [-0.2, -0.15) is 4.99 Å². The molecule has 4 bridgehead atoms. The third-order valence-corrected chi connectivity index (χ3v) is 8.09. The molecule has 1 heterocycles. The minimum atomic E-state index is -0.309. The molecule has 0 spiro atoms. The van der Waals surface area contributed by atoms with Gasteiger partial charge in [0.2, 0.25) is 0 Å². The van der Waals surface area contributed by atoms with Crippen molar-refractivity contribution >= 4 is 28.8 Å². The lowest BCUT2D eigenvalue weighted by atomic mass is 9.49. The zero-order valence-corrected chi connectivity index (χ0v) is 16.9. The third kappa shape index (κ3) is 3.02. The van der Waals surface area contributed by atoms with E-state index in [1.165, 1.54) is 17.0 Å². The van der Waals surface area contributed by atoms with Crippen LogP contribution >= 0.6 is 22.9 Å². The Kier molecular flexibility index (Phi) is 4.41. The van der Waals surface area contributed by atoms with E-state index in [1.54, 1.807) is 18.4 Å². The van der Waals surface area contributed by atoms with Crippen LogP contribution in [0.1, 0.15) is 49.1 Å². The van der Waals surface area contributed by atoms with E-state index in [0.29, 0.717) is 18.4 Å². The van der Waals surface area contributed by atoms with Gasteiger partial charge < -0.3 is 9.30 Å². The maximum atomic E-state index is 13.3. The number of amides is 1. The molecule has 0 aromatic carbocycles. The second kappa shape index (κ2) is 6.21. The van der Waals surface area contributed by atoms with Gasteiger partial charge in [-0.25, -0.2) is 0 Å². The first-order chi connectivity index (χ1) is 11.8. The molecule has 4 aliphatic rings. The zero-order chi connectivity index (χ0) is 17.8. The molecule has 2 unspecified atom stereocenters. The highest BCUT2D eigenvalue weighted by molar-refractivity contribution is 7.09. The number of carbonyl (C=O) groups excluding carboxylic acids is 1. The van der Waals surface area contributed by atoms with Gasteiger partial charge in [-0.05, 0) is 64.2 Å². The van der Waals surface area contributed by atoms with Crippen molar-refractivity contribution in [2.24, 2.45) is 22.2 Å². The fourth-order valence-corrected chi connectivity index (χ4v) is 7.43. The van der Waals surface area contributed by atoms with Gasteiger partial charge >= 0.3 is 0 Å². The summed E-state index contributed by atoms with van der Waals surface area (Å²) in [7, 11) is 1.70. The Balaban J connectivity index is 1.68. The van der Waals surface area contributed by atoms with Crippen LogP contribution in [0.2, 0.25) is 0 Å². The normalized spacial score (nSPS) is 37.0. The lowest BCUT2D eigenvalue weighted by Gasteiger charge is -2.58. The second-order valence-electron chi connectivity index (χ2n) is 8.48. The van der Waals surface area contributed by atoms with Gasteiger partial charge in [0.05, 0.1) is 12.0 Å². The highest BCUT2D eigenvalue weighted by atomic mass is 35.5. The molecule has 4 nitrogen and oxygen atoms in total. The summed E-state index contributed by atoms with van der Waals surface area (Å²) in [6.07, 6.45) is 6.23. The molecule has 4 aliphatic carbocycles. The molecule has 1 aromatic rings. The van der Waals surface area contributed by atoms with Crippen molar-refractivity contribution in [3.63, 3.8) is 0 Å². The SMILES string of the molecule is COCCn1c(C)c(C)sc1=NC(=O)C12CC3CC(CC(Cl)(C3)C1)C2. The van der Waals surface area contributed by atoms with Gasteiger partial charge in [0.15, 0.2) is 4.80 Å². The number of thiazole rings is 1. The molecule has 4 fully saturated rings. The number of ether oxygens (including phenoxy) is 1. The zero-order valence-electron chi connectivity index (χ0n) is 15.3. The molecule has 5 rings (SSSR count). The Morgan fingerprint density at radius 1 is 1.32 bits per heavy atom. The van der Waals surface area contributed by atoms with Crippen molar-refractivity contribution in [3.8, 4) is 0 Å². The van der Waals surface area contributed by atoms with Gasteiger partial charge in [-0.1, -0.05) is 0 Å². The first-order valence-electron chi connectivity index (χ1n) is 9.28. The Labute approximate surface area is 158 Å². The van der Waals surface area contributed by atoms with Crippen LogP contribution in [0.25, 0.3) is 0 Å². The van der Waals surface area contributed by atoms with E-state index >= 15 is 0 Å². The molecule has 138 valence electrons. The third-order valence-electron chi connectivity index (χ3n) is 6.55. The number of nitrogens with zero attached hydrogens (tertiary/aromatic N) is 2. The summed E-state index contributed by atoms with van der Waals surface area (Å²) < 4.78 is 7.35. The molecule has 1 amide bonds. The number of hydrogen-bond acceptors (Lipinski definition) is 3. The number of rotatable bonds is 4. The van der Waals surface area contributed by atoms with Crippen LogP contribution in [0.5, 0.6) is 0 Å². The maximum absolute atomic E-state index is 13.3. The van der Waals surface area contributed by atoms with Crippen molar-refractivity contribution in [1.82, 2.24) is 4.57 Å². The average Bonchev–Trinajstić information content (AvgIpc) is 2.77. The summed E-state index contributed by atoms with van der Waals surface area (Å²) in [6, 6.07) is 0. The first-order valence-corrected chi connectivity index (χ1v) is 10.5. The van der Waals surface area contributed by atoms with E-state index in [0.717, 1.165) is 43.5 Å². The smallest absolute Gasteiger partial charge is 0.254 e. The Morgan fingerprint density at radius 3 is 2.60 bits per heavy atom. The quantitative estimate of drug-likeness (QED) is 0.743. The number of aromatic nitrogens is 1. The fraction of sp³-hybridized carbons (Fsp3) is 0.789. The number of carbonyl (C=O) groups is 1. The first kappa shape index (κ1) is 17.7. The maximum Gasteiger partial charge on any atom is 0.254 e. The fourth-order valence-electron chi connectivity index (χ4n) is 5.73. The Morgan fingerprint density at radius 2 is 2.00 bits per heavy atom. The average molecular weight is 383 g/mol. The molecule has 0 aliphatic heterocycles. The van der Waals surface area contributed by atoms with Crippen LogP contribution in [0, 0.1) is 31.1 Å². The lowest BCUT2D eigenvalue weighted by molar-refractivity contribution is -0.141. The van der Waals surface area contributed by atoms with E-state index < -0.39 is 0 Å². The summed E-state index contributed by atoms with van der Waals surface area (Å²) in [6.45, 7) is 5.53. The topological polar surface area (TPSA) is 43.6 Å². The largest absolute Gasteiger partial charge is 0.383 e. The molecular weight excluding hydrogens is 356 g/mol. The van der Waals surface area contributed by atoms with Gasteiger partial charge in [0.25, 0.3) is 5.91 Å². The minimum Gasteiger partial charge on any atom is -0.383 e. The van der Waals surface area contributed by atoms with E-state index in [9.17, 15) is 4.79 Å². The monoisotopic (exact) mass is 382 g/mol. The van der Waals surface area contributed by atoms with Gasteiger partial charge in [-0.15, -0.1) is 22.9 Å².